The van der Waals surface area contributed by atoms with Gasteiger partial charge in [0.2, 0.25) is 0 Å². The van der Waals surface area contributed by atoms with E-state index in [0.717, 1.165) is 11.1 Å². The van der Waals surface area contributed by atoms with E-state index < -0.39 is 8.32 Å². The molecule has 25 heavy (non-hydrogen) atoms. The Labute approximate surface area is 152 Å². The molecule has 0 spiro atoms. The maximum atomic E-state index is 6.46. The van der Waals surface area contributed by atoms with Crippen molar-refractivity contribution in [2.75, 3.05) is 20.5 Å². The standard InChI is InChI=1S/C19H33NO4Si/c1-19(2,3)25(5,6)23-12-16-18(24-16)17(20)15-10-8-7-9-14(15)11-22-13-21-4/h7-10,16-18H,11-13,20H2,1-6H3/t16-,17-,18+/m0/s1. The second-order valence-electron chi connectivity index (χ2n) is 8.19. The minimum absolute atomic E-state index is 0.00773. The Bertz CT molecular complexity index is 559. The number of hydrogen-bond donors (Lipinski definition) is 1. The lowest BCUT2D eigenvalue weighted by atomic mass is 9.98. The zero-order valence-electron chi connectivity index (χ0n) is 16.4. The van der Waals surface area contributed by atoms with E-state index in [1.54, 1.807) is 7.11 Å². The Morgan fingerprint density at radius 3 is 2.56 bits per heavy atom. The highest BCUT2D eigenvalue weighted by molar-refractivity contribution is 6.74. The van der Waals surface area contributed by atoms with Crippen LogP contribution in [0.1, 0.15) is 37.9 Å². The van der Waals surface area contributed by atoms with Crippen molar-refractivity contribution in [3.05, 3.63) is 35.4 Å². The van der Waals surface area contributed by atoms with E-state index >= 15 is 0 Å². The van der Waals surface area contributed by atoms with E-state index in [2.05, 4.69) is 33.9 Å². The van der Waals surface area contributed by atoms with E-state index in [9.17, 15) is 0 Å². The summed E-state index contributed by atoms with van der Waals surface area (Å²) in [6.45, 7) is 12.6. The van der Waals surface area contributed by atoms with Crippen molar-refractivity contribution in [1.82, 2.24) is 0 Å². The monoisotopic (exact) mass is 367 g/mol. The van der Waals surface area contributed by atoms with Crippen molar-refractivity contribution in [2.24, 2.45) is 5.73 Å². The fourth-order valence-electron chi connectivity index (χ4n) is 2.52. The van der Waals surface area contributed by atoms with Gasteiger partial charge in [0.15, 0.2) is 8.32 Å². The van der Waals surface area contributed by atoms with E-state index in [0.29, 0.717) is 13.2 Å². The third kappa shape index (κ3) is 5.36. The molecule has 0 radical (unpaired) electrons. The van der Waals surface area contributed by atoms with Crippen LogP contribution in [0.2, 0.25) is 18.1 Å². The van der Waals surface area contributed by atoms with Crippen LogP contribution in [-0.2, 0) is 25.2 Å². The number of ether oxygens (including phenoxy) is 3. The van der Waals surface area contributed by atoms with Crippen LogP contribution in [0.5, 0.6) is 0 Å². The first-order valence-corrected chi connectivity index (χ1v) is 11.8. The molecule has 5 nitrogen and oxygen atoms in total. The van der Waals surface area contributed by atoms with Gasteiger partial charge in [-0.05, 0) is 29.3 Å². The molecule has 1 aromatic rings. The zero-order valence-corrected chi connectivity index (χ0v) is 17.4. The summed E-state index contributed by atoms with van der Waals surface area (Å²) in [6, 6.07) is 7.90. The number of methoxy groups -OCH3 is 1. The predicted octanol–water partition coefficient (Wildman–Crippen LogP) is 3.60. The van der Waals surface area contributed by atoms with Crippen molar-refractivity contribution in [3.8, 4) is 0 Å². The molecule has 1 aromatic carbocycles. The molecule has 0 saturated carbocycles. The molecule has 0 aliphatic carbocycles. The van der Waals surface area contributed by atoms with Gasteiger partial charge >= 0.3 is 0 Å². The Kier molecular flexibility index (Phi) is 6.81. The van der Waals surface area contributed by atoms with E-state index in [1.807, 2.05) is 24.3 Å². The normalized spacial score (nSPS) is 22.0. The van der Waals surface area contributed by atoms with Gasteiger partial charge < -0.3 is 24.4 Å². The van der Waals surface area contributed by atoms with Gasteiger partial charge in [0.05, 0.1) is 19.3 Å². The fraction of sp³-hybridized carbons (Fsp3) is 0.684. The van der Waals surface area contributed by atoms with Gasteiger partial charge in [0, 0.05) is 7.11 Å². The minimum Gasteiger partial charge on any atom is -0.414 e. The van der Waals surface area contributed by atoms with Crippen molar-refractivity contribution in [3.63, 3.8) is 0 Å². The molecule has 1 aliphatic heterocycles. The largest absolute Gasteiger partial charge is 0.414 e. The Morgan fingerprint density at radius 1 is 1.24 bits per heavy atom. The minimum atomic E-state index is -1.76. The number of rotatable bonds is 9. The fourth-order valence-corrected chi connectivity index (χ4v) is 3.53. The molecule has 1 fully saturated rings. The average Bonchev–Trinajstić information content (AvgIpc) is 3.32. The molecule has 1 saturated heterocycles. The lowest BCUT2D eigenvalue weighted by molar-refractivity contribution is -0.0393. The predicted molar refractivity (Wildman–Crippen MR) is 102 cm³/mol. The van der Waals surface area contributed by atoms with Crippen LogP contribution in [0.3, 0.4) is 0 Å². The van der Waals surface area contributed by atoms with E-state index in [4.69, 9.17) is 24.4 Å². The summed E-state index contributed by atoms with van der Waals surface area (Å²) < 4.78 is 22.5. The molecular weight excluding hydrogens is 334 g/mol. The van der Waals surface area contributed by atoms with Crippen molar-refractivity contribution in [2.45, 2.75) is 63.8 Å². The van der Waals surface area contributed by atoms with Gasteiger partial charge in [-0.3, -0.25) is 0 Å². The number of nitrogens with two attached hydrogens (primary N) is 1. The molecule has 0 aromatic heterocycles. The molecule has 1 aliphatic rings. The molecule has 0 bridgehead atoms. The topological polar surface area (TPSA) is 66.2 Å². The van der Waals surface area contributed by atoms with Gasteiger partial charge in [-0.25, -0.2) is 0 Å². The highest BCUT2D eigenvalue weighted by atomic mass is 28.4. The van der Waals surface area contributed by atoms with Crippen molar-refractivity contribution >= 4 is 8.32 Å². The number of benzene rings is 1. The molecule has 142 valence electrons. The summed E-state index contributed by atoms with van der Waals surface area (Å²) >= 11 is 0. The third-order valence-electron chi connectivity index (χ3n) is 5.26. The van der Waals surface area contributed by atoms with E-state index in [1.165, 1.54) is 0 Å². The Balaban J connectivity index is 1.92. The highest BCUT2D eigenvalue weighted by Crippen LogP contribution is 2.39. The Morgan fingerprint density at radius 2 is 1.92 bits per heavy atom. The van der Waals surface area contributed by atoms with Gasteiger partial charge in [-0.2, -0.15) is 0 Å². The summed E-state index contributed by atoms with van der Waals surface area (Å²) in [5.74, 6) is 0. The van der Waals surface area contributed by atoms with Crippen LogP contribution < -0.4 is 5.73 Å². The zero-order chi connectivity index (χ0) is 18.7. The lowest BCUT2D eigenvalue weighted by Gasteiger charge is -2.36. The molecule has 2 N–H and O–H groups in total. The molecule has 3 atom stereocenters. The van der Waals surface area contributed by atoms with E-state index in [-0.39, 0.29) is 30.1 Å². The van der Waals surface area contributed by atoms with Crippen molar-refractivity contribution < 1.29 is 18.6 Å². The highest BCUT2D eigenvalue weighted by Gasteiger charge is 2.47. The first-order valence-electron chi connectivity index (χ1n) is 8.87. The number of hydrogen-bond acceptors (Lipinski definition) is 5. The summed E-state index contributed by atoms with van der Waals surface area (Å²) in [5, 5.41) is 0.199. The van der Waals surface area contributed by atoms with Gasteiger partial charge in [0.25, 0.3) is 0 Å². The molecule has 0 unspecified atom stereocenters. The van der Waals surface area contributed by atoms with Crippen molar-refractivity contribution in [1.29, 1.82) is 0 Å². The maximum absolute atomic E-state index is 6.46. The van der Waals surface area contributed by atoms with Crippen LogP contribution in [0.15, 0.2) is 24.3 Å². The van der Waals surface area contributed by atoms with Crippen LogP contribution >= 0.6 is 0 Å². The maximum Gasteiger partial charge on any atom is 0.192 e. The van der Waals surface area contributed by atoms with Crippen LogP contribution in [0.4, 0.5) is 0 Å². The first kappa shape index (κ1) is 20.5. The summed E-state index contributed by atoms with van der Waals surface area (Å²) in [7, 11) is -0.145. The SMILES string of the molecule is COCOCc1ccccc1[C@H](N)[C@@H]1O[C@H]1CO[Si](C)(C)C(C)(C)C. The molecule has 6 heteroatoms. The molecule has 1 heterocycles. The Hall–Kier alpha value is -0.763. The first-order chi connectivity index (χ1) is 11.7. The van der Waals surface area contributed by atoms with Crippen LogP contribution in [-0.4, -0.2) is 41.0 Å². The van der Waals surface area contributed by atoms with Gasteiger partial charge in [0.1, 0.15) is 19.0 Å². The van der Waals surface area contributed by atoms with Gasteiger partial charge in [-0.1, -0.05) is 45.0 Å². The molecular formula is C19H33NO4Si. The smallest absolute Gasteiger partial charge is 0.192 e. The number of epoxide rings is 1. The molecule has 0 amide bonds. The molecule has 2 rings (SSSR count). The summed E-state index contributed by atoms with van der Waals surface area (Å²) in [6.07, 6.45) is 0.0884. The lowest BCUT2D eigenvalue weighted by Crippen LogP contribution is -2.42. The second-order valence-corrected chi connectivity index (χ2v) is 13.0. The average molecular weight is 368 g/mol. The third-order valence-corrected chi connectivity index (χ3v) is 9.76. The summed E-state index contributed by atoms with van der Waals surface area (Å²) in [5.41, 5.74) is 8.61. The second kappa shape index (κ2) is 8.29. The van der Waals surface area contributed by atoms with Crippen LogP contribution in [0.25, 0.3) is 0 Å². The van der Waals surface area contributed by atoms with Crippen LogP contribution in [0, 0.1) is 0 Å². The van der Waals surface area contributed by atoms with Gasteiger partial charge in [-0.15, -0.1) is 0 Å². The summed E-state index contributed by atoms with van der Waals surface area (Å²) in [4.78, 5) is 0. The quantitative estimate of drug-likeness (QED) is 0.313.